The molecule has 7 nitrogen and oxygen atoms in total. The number of carbonyl (C=O) groups excluding carboxylic acids is 1. The summed E-state index contributed by atoms with van der Waals surface area (Å²) in [5.41, 5.74) is 0.886. The summed E-state index contributed by atoms with van der Waals surface area (Å²) in [7, 11) is 1.87. The normalized spacial score (nSPS) is 26.0. The van der Waals surface area contributed by atoms with Gasteiger partial charge in [0.1, 0.15) is 11.1 Å². The number of rotatable bonds is 3. The monoisotopic (exact) mass is 347 g/mol. The molecule has 0 bridgehead atoms. The lowest BCUT2D eigenvalue weighted by molar-refractivity contribution is -0.129. The zero-order chi connectivity index (χ0) is 16.5. The number of hydrogen-bond acceptors (Lipinski definition) is 6. The number of aryl methyl sites for hydroxylation is 1. The number of amides is 1. The summed E-state index contributed by atoms with van der Waals surface area (Å²) in [6.45, 7) is 2.92. The molecule has 0 aromatic carbocycles. The second kappa shape index (κ2) is 6.62. The van der Waals surface area contributed by atoms with Crippen molar-refractivity contribution in [1.29, 1.82) is 0 Å². The summed E-state index contributed by atoms with van der Waals surface area (Å²) in [4.78, 5) is 21.5. The Labute approximate surface area is 144 Å². The van der Waals surface area contributed by atoms with E-state index < -0.39 is 0 Å². The van der Waals surface area contributed by atoms with Crippen LogP contribution in [0.25, 0.3) is 0 Å². The molecule has 0 radical (unpaired) electrons. The minimum atomic E-state index is -0.0784. The summed E-state index contributed by atoms with van der Waals surface area (Å²) in [6.07, 6.45) is 7.35. The topological polar surface area (TPSA) is 63.5 Å². The van der Waals surface area contributed by atoms with Gasteiger partial charge in [-0.15, -0.1) is 11.3 Å². The summed E-state index contributed by atoms with van der Waals surface area (Å²) in [6, 6.07) is -0.0784. The van der Waals surface area contributed by atoms with E-state index >= 15 is 0 Å². The molecule has 2 aliphatic heterocycles. The fourth-order valence-electron chi connectivity index (χ4n) is 3.49. The molecule has 2 fully saturated rings. The van der Waals surface area contributed by atoms with E-state index in [1.54, 1.807) is 28.4 Å². The quantitative estimate of drug-likeness (QED) is 0.841. The number of piperidine rings is 1. The van der Waals surface area contributed by atoms with Crippen molar-refractivity contribution in [1.82, 2.24) is 19.7 Å². The van der Waals surface area contributed by atoms with Crippen LogP contribution in [-0.4, -0.2) is 57.9 Å². The standard InChI is InChI=1S/C16H21N5O2S/c1-19-10-12(9-18-19)21-5-2-3-13(16(21)22)20-6-7-23-14(11-20)15-17-4-8-24-15/h4,8-10,13-14H,2-3,5-7,11H2,1H3/t13-,14-/m0/s1. The largest absolute Gasteiger partial charge is 0.368 e. The van der Waals surface area contributed by atoms with Crippen LogP contribution < -0.4 is 4.90 Å². The first-order valence-corrected chi connectivity index (χ1v) is 9.15. The van der Waals surface area contributed by atoms with E-state index in [9.17, 15) is 4.79 Å². The van der Waals surface area contributed by atoms with Crippen LogP contribution in [-0.2, 0) is 16.6 Å². The predicted molar refractivity (Wildman–Crippen MR) is 91.0 cm³/mol. The van der Waals surface area contributed by atoms with Crippen molar-refractivity contribution in [3.63, 3.8) is 0 Å². The second-order valence-electron chi connectivity index (χ2n) is 6.24. The number of morpholine rings is 1. The van der Waals surface area contributed by atoms with Crippen molar-refractivity contribution >= 4 is 22.9 Å². The van der Waals surface area contributed by atoms with Gasteiger partial charge in [0.05, 0.1) is 24.5 Å². The van der Waals surface area contributed by atoms with E-state index in [0.29, 0.717) is 6.61 Å². The summed E-state index contributed by atoms with van der Waals surface area (Å²) in [5, 5.41) is 7.15. The van der Waals surface area contributed by atoms with Crippen LogP contribution >= 0.6 is 11.3 Å². The van der Waals surface area contributed by atoms with Gasteiger partial charge in [0.25, 0.3) is 0 Å². The average Bonchev–Trinajstić information content (AvgIpc) is 3.27. The van der Waals surface area contributed by atoms with Gasteiger partial charge in [-0.25, -0.2) is 4.98 Å². The van der Waals surface area contributed by atoms with Crippen LogP contribution in [0.3, 0.4) is 0 Å². The second-order valence-corrected chi connectivity index (χ2v) is 7.17. The van der Waals surface area contributed by atoms with E-state index in [1.807, 2.05) is 23.5 Å². The van der Waals surface area contributed by atoms with Gasteiger partial charge in [-0.1, -0.05) is 0 Å². The third-order valence-corrected chi connectivity index (χ3v) is 5.55. The molecule has 2 aliphatic rings. The highest BCUT2D eigenvalue weighted by Crippen LogP contribution is 2.29. The number of anilines is 1. The molecule has 24 heavy (non-hydrogen) atoms. The Morgan fingerprint density at radius 1 is 1.38 bits per heavy atom. The van der Waals surface area contributed by atoms with Crippen LogP contribution in [0.1, 0.15) is 24.0 Å². The molecule has 1 amide bonds. The number of thiazole rings is 1. The zero-order valence-electron chi connectivity index (χ0n) is 13.7. The molecule has 2 aromatic heterocycles. The first-order valence-electron chi connectivity index (χ1n) is 8.27. The Kier molecular flexibility index (Phi) is 4.34. The van der Waals surface area contributed by atoms with E-state index in [-0.39, 0.29) is 18.1 Å². The molecule has 2 saturated heterocycles. The first kappa shape index (κ1) is 15.7. The third-order valence-electron chi connectivity index (χ3n) is 4.68. The van der Waals surface area contributed by atoms with Gasteiger partial charge in [-0.2, -0.15) is 5.10 Å². The maximum Gasteiger partial charge on any atom is 0.244 e. The molecule has 4 rings (SSSR count). The third kappa shape index (κ3) is 2.97. The molecule has 0 saturated carbocycles. The predicted octanol–water partition coefficient (Wildman–Crippen LogP) is 1.45. The minimum Gasteiger partial charge on any atom is -0.368 e. The number of carbonyl (C=O) groups is 1. The fraction of sp³-hybridized carbons (Fsp3) is 0.562. The molecule has 0 N–H and O–H groups in total. The Balaban J connectivity index is 1.49. The van der Waals surface area contributed by atoms with Crippen LogP contribution in [0.5, 0.6) is 0 Å². The van der Waals surface area contributed by atoms with Gasteiger partial charge in [0.2, 0.25) is 5.91 Å². The highest BCUT2D eigenvalue weighted by Gasteiger charge is 2.37. The van der Waals surface area contributed by atoms with E-state index in [2.05, 4.69) is 15.0 Å². The Morgan fingerprint density at radius 3 is 3.04 bits per heavy atom. The van der Waals surface area contributed by atoms with E-state index in [0.717, 1.165) is 43.2 Å². The first-order chi connectivity index (χ1) is 11.7. The van der Waals surface area contributed by atoms with Crippen molar-refractivity contribution in [3.05, 3.63) is 29.0 Å². The van der Waals surface area contributed by atoms with Crippen molar-refractivity contribution in [3.8, 4) is 0 Å². The molecule has 0 unspecified atom stereocenters. The van der Waals surface area contributed by atoms with E-state index in [4.69, 9.17) is 4.74 Å². The molecular formula is C16H21N5O2S. The molecule has 128 valence electrons. The van der Waals surface area contributed by atoms with Gasteiger partial charge in [0.15, 0.2) is 0 Å². The summed E-state index contributed by atoms with van der Waals surface area (Å²) >= 11 is 1.61. The van der Waals surface area contributed by atoms with Crippen LogP contribution in [0.4, 0.5) is 5.69 Å². The van der Waals surface area contributed by atoms with Gasteiger partial charge in [-0.05, 0) is 12.8 Å². The lowest BCUT2D eigenvalue weighted by Crippen LogP contribution is -2.55. The number of nitrogens with zero attached hydrogens (tertiary/aromatic N) is 5. The molecular weight excluding hydrogens is 326 g/mol. The van der Waals surface area contributed by atoms with Crippen LogP contribution in [0.15, 0.2) is 24.0 Å². The fourth-order valence-corrected chi connectivity index (χ4v) is 4.17. The molecule has 8 heteroatoms. The summed E-state index contributed by atoms with van der Waals surface area (Å²) < 4.78 is 7.60. The average molecular weight is 347 g/mol. The number of ether oxygens (including phenoxy) is 1. The Bertz CT molecular complexity index is 701. The molecule has 2 atom stereocenters. The van der Waals surface area contributed by atoms with Crippen molar-refractivity contribution in [2.75, 3.05) is 31.1 Å². The maximum atomic E-state index is 13.0. The minimum absolute atomic E-state index is 0.0275. The van der Waals surface area contributed by atoms with Gasteiger partial charge in [-0.3, -0.25) is 14.4 Å². The summed E-state index contributed by atoms with van der Waals surface area (Å²) in [5.74, 6) is 0.175. The van der Waals surface area contributed by atoms with E-state index in [1.165, 1.54) is 0 Å². The highest BCUT2D eigenvalue weighted by atomic mass is 32.1. The molecule has 4 heterocycles. The van der Waals surface area contributed by atoms with Crippen LogP contribution in [0, 0.1) is 0 Å². The van der Waals surface area contributed by atoms with Crippen molar-refractivity contribution < 1.29 is 9.53 Å². The SMILES string of the molecule is Cn1cc(N2CCC[C@H](N3CCO[C@H](c4nccs4)C3)C2=O)cn1. The zero-order valence-corrected chi connectivity index (χ0v) is 14.5. The van der Waals surface area contributed by atoms with Gasteiger partial charge >= 0.3 is 0 Å². The number of aromatic nitrogens is 3. The Hall–Kier alpha value is -1.77. The van der Waals surface area contributed by atoms with Crippen molar-refractivity contribution in [2.24, 2.45) is 7.05 Å². The number of hydrogen-bond donors (Lipinski definition) is 0. The molecule has 0 aliphatic carbocycles. The van der Waals surface area contributed by atoms with Gasteiger partial charge < -0.3 is 9.64 Å². The molecule has 2 aromatic rings. The maximum absolute atomic E-state index is 13.0. The highest BCUT2D eigenvalue weighted by molar-refractivity contribution is 7.09. The Morgan fingerprint density at radius 2 is 2.29 bits per heavy atom. The van der Waals surface area contributed by atoms with Crippen molar-refractivity contribution in [2.45, 2.75) is 25.0 Å². The van der Waals surface area contributed by atoms with Crippen LogP contribution in [0.2, 0.25) is 0 Å². The molecule has 0 spiro atoms. The smallest absolute Gasteiger partial charge is 0.244 e. The lowest BCUT2D eigenvalue weighted by Gasteiger charge is -2.41. The van der Waals surface area contributed by atoms with Gasteiger partial charge in [0, 0.05) is 44.5 Å². The lowest BCUT2D eigenvalue weighted by atomic mass is 10.0.